The van der Waals surface area contributed by atoms with Crippen LogP contribution < -0.4 is 10.3 Å². The summed E-state index contributed by atoms with van der Waals surface area (Å²) >= 11 is 6.90. The molecule has 3 aromatic carbocycles. The number of carboxylic acid groups (broad SMARTS) is 1. The SMILES string of the molecule is CC[C@@H](C)c1nc2ccc(Br)cc2c(=O)n1N=Cc1cc(Br)ccc1OCc1cccc(C(=O)O)c1. The van der Waals surface area contributed by atoms with E-state index in [0.29, 0.717) is 28.0 Å². The molecule has 9 heteroatoms. The van der Waals surface area contributed by atoms with Gasteiger partial charge in [0.05, 0.1) is 22.7 Å². The van der Waals surface area contributed by atoms with Crippen molar-refractivity contribution in [1.29, 1.82) is 0 Å². The van der Waals surface area contributed by atoms with Gasteiger partial charge in [-0.25, -0.2) is 9.78 Å². The van der Waals surface area contributed by atoms with Crippen LogP contribution in [0.2, 0.25) is 0 Å². The van der Waals surface area contributed by atoms with Crippen LogP contribution in [0.1, 0.15) is 53.5 Å². The highest BCUT2D eigenvalue weighted by atomic mass is 79.9. The van der Waals surface area contributed by atoms with Crippen LogP contribution in [0.25, 0.3) is 10.9 Å². The lowest BCUT2D eigenvalue weighted by Crippen LogP contribution is -2.23. The van der Waals surface area contributed by atoms with Crippen molar-refractivity contribution in [3.63, 3.8) is 0 Å². The number of hydrogen-bond donors (Lipinski definition) is 1. The zero-order valence-corrected chi connectivity index (χ0v) is 22.8. The average molecular weight is 613 g/mol. The first-order valence-electron chi connectivity index (χ1n) is 11.3. The summed E-state index contributed by atoms with van der Waals surface area (Å²) in [6.07, 6.45) is 2.37. The molecule has 0 saturated carbocycles. The fourth-order valence-corrected chi connectivity index (χ4v) is 4.35. The molecule has 0 fully saturated rings. The molecule has 1 heterocycles. The zero-order valence-electron chi connectivity index (χ0n) is 19.6. The smallest absolute Gasteiger partial charge is 0.335 e. The minimum atomic E-state index is -0.994. The van der Waals surface area contributed by atoms with Crippen LogP contribution in [0.4, 0.5) is 0 Å². The number of benzene rings is 3. The van der Waals surface area contributed by atoms with Gasteiger partial charge in [0.15, 0.2) is 0 Å². The van der Waals surface area contributed by atoms with Crippen molar-refractivity contribution in [3.8, 4) is 5.75 Å². The molecular weight excluding hydrogens is 590 g/mol. The molecule has 0 radical (unpaired) electrons. The number of rotatable bonds is 8. The first-order chi connectivity index (χ1) is 17.3. The Bertz CT molecular complexity index is 1530. The molecule has 0 saturated heterocycles. The summed E-state index contributed by atoms with van der Waals surface area (Å²) in [5.41, 5.74) is 1.94. The third-order valence-corrected chi connectivity index (χ3v) is 6.73. The van der Waals surface area contributed by atoms with E-state index < -0.39 is 5.97 Å². The lowest BCUT2D eigenvalue weighted by molar-refractivity contribution is 0.0696. The quantitative estimate of drug-likeness (QED) is 0.226. The van der Waals surface area contributed by atoms with Gasteiger partial charge in [0.25, 0.3) is 5.56 Å². The topological polar surface area (TPSA) is 93.8 Å². The lowest BCUT2D eigenvalue weighted by atomic mass is 10.1. The van der Waals surface area contributed by atoms with Gasteiger partial charge >= 0.3 is 5.97 Å². The number of aromatic nitrogens is 2. The number of carboxylic acids is 1. The zero-order chi connectivity index (χ0) is 25.8. The summed E-state index contributed by atoms with van der Waals surface area (Å²) in [6, 6.07) is 17.5. The van der Waals surface area contributed by atoms with Gasteiger partial charge in [-0.2, -0.15) is 9.78 Å². The van der Waals surface area contributed by atoms with Crippen molar-refractivity contribution in [1.82, 2.24) is 9.66 Å². The summed E-state index contributed by atoms with van der Waals surface area (Å²) in [7, 11) is 0. The molecule has 0 bridgehead atoms. The van der Waals surface area contributed by atoms with E-state index in [1.807, 2.05) is 38.1 Å². The number of fused-ring (bicyclic) bond motifs is 1. The van der Waals surface area contributed by atoms with Gasteiger partial charge in [-0.15, -0.1) is 0 Å². The summed E-state index contributed by atoms with van der Waals surface area (Å²) < 4.78 is 8.96. The van der Waals surface area contributed by atoms with Gasteiger partial charge < -0.3 is 9.84 Å². The van der Waals surface area contributed by atoms with Crippen LogP contribution in [0, 0.1) is 0 Å². The monoisotopic (exact) mass is 611 g/mol. The highest BCUT2D eigenvalue weighted by Gasteiger charge is 2.16. The molecule has 4 rings (SSSR count). The Morgan fingerprint density at radius 3 is 2.64 bits per heavy atom. The second kappa shape index (κ2) is 11.2. The first kappa shape index (κ1) is 25.8. The molecule has 1 atom stereocenters. The molecule has 0 aliphatic rings. The number of aromatic carboxylic acids is 1. The second-order valence-electron chi connectivity index (χ2n) is 8.28. The molecule has 0 aliphatic heterocycles. The average Bonchev–Trinajstić information content (AvgIpc) is 2.87. The largest absolute Gasteiger partial charge is 0.488 e. The van der Waals surface area contributed by atoms with Gasteiger partial charge in [0, 0.05) is 20.4 Å². The number of hydrogen-bond acceptors (Lipinski definition) is 5. The third kappa shape index (κ3) is 5.74. The predicted molar refractivity (Wildman–Crippen MR) is 147 cm³/mol. The molecule has 0 spiro atoms. The van der Waals surface area contributed by atoms with Crippen LogP contribution in [-0.2, 0) is 6.61 Å². The van der Waals surface area contributed by atoms with Gasteiger partial charge in [-0.3, -0.25) is 4.79 Å². The van der Waals surface area contributed by atoms with Crippen molar-refractivity contribution >= 4 is 54.9 Å². The minimum Gasteiger partial charge on any atom is -0.488 e. The van der Waals surface area contributed by atoms with Gasteiger partial charge in [0.2, 0.25) is 0 Å². The van der Waals surface area contributed by atoms with E-state index in [4.69, 9.17) is 9.72 Å². The Labute approximate surface area is 224 Å². The van der Waals surface area contributed by atoms with Crippen LogP contribution in [0.5, 0.6) is 5.75 Å². The summed E-state index contributed by atoms with van der Waals surface area (Å²) in [4.78, 5) is 29.4. The molecule has 7 nitrogen and oxygen atoms in total. The lowest BCUT2D eigenvalue weighted by Gasteiger charge is -2.14. The maximum Gasteiger partial charge on any atom is 0.335 e. The van der Waals surface area contributed by atoms with Gasteiger partial charge in [-0.05, 0) is 60.5 Å². The Hall–Kier alpha value is -3.30. The van der Waals surface area contributed by atoms with Gasteiger partial charge in [-0.1, -0.05) is 57.8 Å². The number of halogens is 2. The van der Waals surface area contributed by atoms with Crippen LogP contribution in [0.15, 0.2) is 79.5 Å². The molecule has 1 aromatic heterocycles. The van der Waals surface area contributed by atoms with E-state index in [2.05, 4.69) is 37.0 Å². The molecular formula is C27H23Br2N3O4. The fourth-order valence-electron chi connectivity index (χ4n) is 3.61. The summed E-state index contributed by atoms with van der Waals surface area (Å²) in [5.74, 6) is 0.142. The molecule has 184 valence electrons. The van der Waals surface area contributed by atoms with E-state index in [0.717, 1.165) is 20.9 Å². The Morgan fingerprint density at radius 1 is 1.14 bits per heavy atom. The molecule has 36 heavy (non-hydrogen) atoms. The van der Waals surface area contributed by atoms with Crippen LogP contribution in [-0.4, -0.2) is 27.0 Å². The van der Waals surface area contributed by atoms with Crippen LogP contribution >= 0.6 is 31.9 Å². The number of ether oxygens (including phenoxy) is 1. The Kier molecular flexibility index (Phi) is 8.01. The standard InChI is InChI=1S/C27H23Br2N3O4/c1-3-16(2)25-31-23-9-7-21(29)13-22(23)26(33)32(25)30-14-19-12-20(28)8-10-24(19)36-15-17-5-4-6-18(11-17)27(34)35/h4-14,16H,3,15H2,1-2H3,(H,34,35)/t16-/m1/s1. The van der Waals surface area contributed by atoms with E-state index in [1.54, 1.807) is 36.5 Å². The first-order valence-corrected chi connectivity index (χ1v) is 12.9. The Morgan fingerprint density at radius 2 is 1.89 bits per heavy atom. The van der Waals surface area contributed by atoms with Crippen molar-refractivity contribution < 1.29 is 14.6 Å². The highest BCUT2D eigenvalue weighted by molar-refractivity contribution is 9.10. The summed E-state index contributed by atoms with van der Waals surface area (Å²) in [6.45, 7) is 4.22. The molecule has 1 N–H and O–H groups in total. The highest BCUT2D eigenvalue weighted by Crippen LogP contribution is 2.24. The fraction of sp³-hybridized carbons (Fsp3) is 0.185. The van der Waals surface area contributed by atoms with E-state index in [-0.39, 0.29) is 23.6 Å². The van der Waals surface area contributed by atoms with Crippen molar-refractivity contribution in [2.45, 2.75) is 32.8 Å². The van der Waals surface area contributed by atoms with E-state index in [1.165, 1.54) is 10.7 Å². The van der Waals surface area contributed by atoms with E-state index >= 15 is 0 Å². The number of nitrogens with zero attached hydrogens (tertiary/aromatic N) is 3. The number of carbonyl (C=O) groups is 1. The van der Waals surface area contributed by atoms with Crippen molar-refractivity contribution in [2.24, 2.45) is 5.10 Å². The van der Waals surface area contributed by atoms with Crippen molar-refractivity contribution in [2.75, 3.05) is 0 Å². The molecule has 0 amide bonds. The van der Waals surface area contributed by atoms with Gasteiger partial charge in [0.1, 0.15) is 18.2 Å². The normalized spacial score (nSPS) is 12.2. The molecule has 0 unspecified atom stereocenters. The molecule has 0 aliphatic carbocycles. The van der Waals surface area contributed by atoms with Crippen LogP contribution in [0.3, 0.4) is 0 Å². The maximum atomic E-state index is 13.4. The minimum absolute atomic E-state index is 0.0163. The second-order valence-corrected chi connectivity index (χ2v) is 10.1. The van der Waals surface area contributed by atoms with E-state index in [9.17, 15) is 14.7 Å². The maximum absolute atomic E-state index is 13.4. The predicted octanol–water partition coefficient (Wildman–Crippen LogP) is 6.59. The summed E-state index contributed by atoms with van der Waals surface area (Å²) in [5, 5.41) is 14.2. The molecule has 4 aromatic rings. The Balaban J connectivity index is 1.72. The van der Waals surface area contributed by atoms with Crippen molar-refractivity contribution in [3.05, 3.63) is 102 Å². The third-order valence-electron chi connectivity index (χ3n) is 5.74.